The van der Waals surface area contributed by atoms with Crippen LogP contribution in [0.15, 0.2) is 54.6 Å². The maximum absolute atomic E-state index is 13.1. The van der Waals surface area contributed by atoms with Gasteiger partial charge < -0.3 is 23.7 Å². The normalized spacial score (nSPS) is 18.2. The number of ether oxygens (including phenoxy) is 5. The summed E-state index contributed by atoms with van der Waals surface area (Å²) in [5.41, 5.74) is -0.0147. The Hall–Kier alpha value is -3.10. The van der Waals surface area contributed by atoms with E-state index in [0.717, 1.165) is 11.1 Å². The summed E-state index contributed by atoms with van der Waals surface area (Å²) in [4.78, 5) is 27.5. The summed E-state index contributed by atoms with van der Waals surface area (Å²) in [5, 5.41) is 0. The first-order valence-electron chi connectivity index (χ1n) is 11.2. The van der Waals surface area contributed by atoms with Crippen LogP contribution in [0.3, 0.4) is 0 Å². The van der Waals surface area contributed by atoms with Crippen molar-refractivity contribution in [3.05, 3.63) is 65.7 Å². The van der Waals surface area contributed by atoms with Crippen LogP contribution in [-0.4, -0.2) is 55.3 Å². The van der Waals surface area contributed by atoms with Crippen molar-refractivity contribution in [3.8, 4) is 5.75 Å². The summed E-state index contributed by atoms with van der Waals surface area (Å²) in [6, 6.07) is 16.8. The molecule has 0 bridgehead atoms. The van der Waals surface area contributed by atoms with E-state index in [1.165, 1.54) is 19.1 Å². The maximum Gasteiger partial charge on any atom is 0.413 e. The van der Waals surface area contributed by atoms with Crippen molar-refractivity contribution in [2.75, 3.05) is 21.0 Å². The fraction of sp³-hybridized carbons (Fsp3) is 0.462. The predicted molar refractivity (Wildman–Crippen MR) is 125 cm³/mol. The van der Waals surface area contributed by atoms with Crippen molar-refractivity contribution in [1.82, 2.24) is 4.90 Å². The van der Waals surface area contributed by atoms with Crippen LogP contribution in [0.25, 0.3) is 0 Å². The molecule has 8 heteroatoms. The average molecular weight is 472 g/mol. The highest BCUT2D eigenvalue weighted by molar-refractivity contribution is 5.88. The molecule has 0 saturated carbocycles. The first-order valence-corrected chi connectivity index (χ1v) is 11.2. The zero-order chi connectivity index (χ0) is 24.8. The molecule has 1 amide bonds. The number of benzene rings is 2. The summed E-state index contributed by atoms with van der Waals surface area (Å²) >= 11 is 0. The van der Waals surface area contributed by atoms with Gasteiger partial charge in [-0.3, -0.25) is 4.90 Å². The number of methoxy groups -OCH3 is 2. The molecule has 1 aliphatic rings. The number of esters is 1. The molecule has 1 fully saturated rings. The Labute approximate surface area is 200 Å². The van der Waals surface area contributed by atoms with Crippen molar-refractivity contribution in [2.24, 2.45) is 0 Å². The number of amides is 1. The summed E-state index contributed by atoms with van der Waals surface area (Å²) in [6.45, 7) is 5.78. The lowest BCUT2D eigenvalue weighted by atomic mass is 9.86. The number of rotatable bonds is 9. The Balaban J connectivity index is 1.85. The number of carbonyl (C=O) groups excluding carboxylic acids is 2. The number of carbonyl (C=O) groups is 2. The van der Waals surface area contributed by atoms with Gasteiger partial charge in [-0.15, -0.1) is 0 Å². The second-order valence-corrected chi connectivity index (χ2v) is 9.20. The van der Waals surface area contributed by atoms with Crippen molar-refractivity contribution in [3.63, 3.8) is 0 Å². The Bertz CT molecular complexity index is 951. The highest BCUT2D eigenvalue weighted by Crippen LogP contribution is 2.35. The number of cyclic esters (lactones) is 1. The standard InChI is InChI=1S/C26H33NO7/c1-25(2,3)34-21-13-11-19(12-14-21)15-26(16-22(30-4)31-5)23(28)33-18-27(26)24(29)32-17-20-9-7-6-8-10-20/h6-14,22H,15-18H2,1-5H3. The molecule has 0 N–H and O–H groups in total. The quantitative estimate of drug-likeness (QED) is 0.398. The zero-order valence-corrected chi connectivity index (χ0v) is 20.4. The molecule has 1 heterocycles. The van der Waals surface area contributed by atoms with E-state index in [4.69, 9.17) is 23.7 Å². The highest BCUT2D eigenvalue weighted by Gasteiger charge is 2.55. The third-order valence-electron chi connectivity index (χ3n) is 5.52. The monoisotopic (exact) mass is 471 g/mol. The smallest absolute Gasteiger partial charge is 0.413 e. The molecule has 0 spiro atoms. The Morgan fingerprint density at radius 1 is 1.03 bits per heavy atom. The van der Waals surface area contributed by atoms with Gasteiger partial charge in [0.05, 0.1) is 0 Å². The van der Waals surface area contributed by atoms with Crippen LogP contribution < -0.4 is 4.74 Å². The molecule has 1 unspecified atom stereocenters. The van der Waals surface area contributed by atoms with Crippen LogP contribution >= 0.6 is 0 Å². The average Bonchev–Trinajstić information content (AvgIpc) is 3.12. The largest absolute Gasteiger partial charge is 0.488 e. The van der Waals surface area contributed by atoms with Gasteiger partial charge in [0.2, 0.25) is 0 Å². The highest BCUT2D eigenvalue weighted by atomic mass is 16.7. The van der Waals surface area contributed by atoms with E-state index in [1.807, 2.05) is 75.4 Å². The lowest BCUT2D eigenvalue weighted by Crippen LogP contribution is -2.55. The Morgan fingerprint density at radius 2 is 1.68 bits per heavy atom. The van der Waals surface area contributed by atoms with Crippen LogP contribution in [0.4, 0.5) is 4.79 Å². The summed E-state index contributed by atoms with van der Waals surface area (Å²) in [6.07, 6.45) is -1.09. The molecule has 3 rings (SSSR count). The first kappa shape index (κ1) is 25.5. The summed E-state index contributed by atoms with van der Waals surface area (Å²) in [5.74, 6) is 0.184. The number of nitrogens with zero attached hydrogens (tertiary/aromatic N) is 1. The van der Waals surface area contributed by atoms with Crippen LogP contribution in [0.5, 0.6) is 5.75 Å². The third kappa shape index (κ3) is 6.27. The molecule has 184 valence electrons. The van der Waals surface area contributed by atoms with Crippen LogP contribution in [0, 0.1) is 0 Å². The molecule has 2 aromatic carbocycles. The van der Waals surface area contributed by atoms with Crippen molar-refractivity contribution in [2.45, 2.75) is 57.6 Å². The second-order valence-electron chi connectivity index (χ2n) is 9.20. The zero-order valence-electron chi connectivity index (χ0n) is 20.4. The van der Waals surface area contributed by atoms with E-state index in [-0.39, 0.29) is 31.8 Å². The van der Waals surface area contributed by atoms with Crippen molar-refractivity contribution >= 4 is 12.1 Å². The second kappa shape index (κ2) is 10.9. The van der Waals surface area contributed by atoms with Gasteiger partial charge in [-0.05, 0) is 44.0 Å². The minimum absolute atomic E-state index is 0.0806. The molecule has 34 heavy (non-hydrogen) atoms. The van der Waals surface area contributed by atoms with E-state index in [1.54, 1.807) is 0 Å². The van der Waals surface area contributed by atoms with Gasteiger partial charge in [-0.1, -0.05) is 42.5 Å². The minimum atomic E-state index is -1.35. The molecule has 1 saturated heterocycles. The Morgan fingerprint density at radius 3 is 2.26 bits per heavy atom. The topological polar surface area (TPSA) is 83.5 Å². The molecular formula is C26H33NO7. The van der Waals surface area contributed by atoms with E-state index in [0.29, 0.717) is 5.75 Å². The molecular weight excluding hydrogens is 438 g/mol. The maximum atomic E-state index is 13.1. The van der Waals surface area contributed by atoms with E-state index in [9.17, 15) is 9.59 Å². The van der Waals surface area contributed by atoms with Gasteiger partial charge in [0.1, 0.15) is 18.0 Å². The number of hydrogen-bond acceptors (Lipinski definition) is 7. The lowest BCUT2D eigenvalue weighted by Gasteiger charge is -2.35. The lowest BCUT2D eigenvalue weighted by molar-refractivity contribution is -0.153. The fourth-order valence-corrected chi connectivity index (χ4v) is 3.85. The van der Waals surface area contributed by atoms with E-state index in [2.05, 4.69) is 0 Å². The van der Waals surface area contributed by atoms with Crippen LogP contribution in [0.2, 0.25) is 0 Å². The van der Waals surface area contributed by atoms with Gasteiger partial charge >= 0.3 is 12.1 Å². The molecule has 2 aromatic rings. The molecule has 1 atom stereocenters. The van der Waals surface area contributed by atoms with Crippen LogP contribution in [-0.2, 0) is 36.8 Å². The van der Waals surface area contributed by atoms with Gasteiger partial charge in [-0.2, -0.15) is 0 Å². The third-order valence-corrected chi connectivity index (χ3v) is 5.52. The molecule has 0 aliphatic carbocycles. The van der Waals surface area contributed by atoms with Crippen molar-refractivity contribution < 1.29 is 33.3 Å². The van der Waals surface area contributed by atoms with E-state index < -0.39 is 23.9 Å². The Kier molecular flexibility index (Phi) is 8.17. The van der Waals surface area contributed by atoms with Gasteiger partial charge in [0, 0.05) is 27.1 Å². The summed E-state index contributed by atoms with van der Waals surface area (Å²) < 4.78 is 27.5. The minimum Gasteiger partial charge on any atom is -0.488 e. The molecule has 1 aliphatic heterocycles. The van der Waals surface area contributed by atoms with E-state index >= 15 is 0 Å². The SMILES string of the molecule is COC(CC1(Cc2ccc(OC(C)(C)C)cc2)C(=O)OCN1C(=O)OCc1ccccc1)OC. The molecule has 0 aromatic heterocycles. The molecule has 0 radical (unpaired) electrons. The van der Waals surface area contributed by atoms with Gasteiger partial charge in [0.15, 0.2) is 18.6 Å². The van der Waals surface area contributed by atoms with Crippen LogP contribution in [0.1, 0.15) is 38.3 Å². The van der Waals surface area contributed by atoms with Gasteiger partial charge in [0.25, 0.3) is 0 Å². The number of hydrogen-bond donors (Lipinski definition) is 0. The predicted octanol–water partition coefficient (Wildman–Crippen LogP) is 4.31. The summed E-state index contributed by atoms with van der Waals surface area (Å²) in [7, 11) is 2.97. The first-order chi connectivity index (χ1) is 16.2. The fourth-order valence-electron chi connectivity index (χ4n) is 3.85. The van der Waals surface area contributed by atoms with Crippen molar-refractivity contribution in [1.29, 1.82) is 0 Å². The van der Waals surface area contributed by atoms with Gasteiger partial charge in [-0.25, -0.2) is 9.59 Å². The molecule has 8 nitrogen and oxygen atoms in total.